The number of fused-ring (bicyclic) bond motifs is 1. The Morgan fingerprint density at radius 1 is 1.44 bits per heavy atom. The third-order valence-electron chi connectivity index (χ3n) is 3.87. The van der Waals surface area contributed by atoms with Gasteiger partial charge in [-0.05, 0) is 53.4 Å². The third-order valence-corrected chi connectivity index (χ3v) is 4.61. The molecule has 3 rings (SSSR count). The first-order valence-corrected chi connectivity index (χ1v) is 8.87. The molecule has 1 aromatic carbocycles. The molecule has 7 heteroatoms. The van der Waals surface area contributed by atoms with Gasteiger partial charge in [-0.25, -0.2) is 5.43 Å². The van der Waals surface area contributed by atoms with Crippen molar-refractivity contribution in [3.05, 3.63) is 51.8 Å². The Bertz CT molecular complexity index is 896. The first kappa shape index (κ1) is 17.0. The molecule has 2 aromatic heterocycles. The quantitative estimate of drug-likeness (QED) is 0.361. The number of ether oxygens (including phenoxy) is 1. The van der Waals surface area contributed by atoms with E-state index >= 15 is 0 Å². The zero-order valence-electron chi connectivity index (χ0n) is 14.2. The number of aryl methyl sites for hydroxylation is 1. The Morgan fingerprint density at radius 3 is 3.08 bits per heavy atom. The van der Waals surface area contributed by atoms with Crippen molar-refractivity contribution < 1.29 is 4.74 Å². The van der Waals surface area contributed by atoms with Crippen molar-refractivity contribution in [3.63, 3.8) is 0 Å². The minimum absolute atomic E-state index is 0.306. The minimum Gasteiger partial charge on any atom is -0.497 e. The summed E-state index contributed by atoms with van der Waals surface area (Å²) in [5, 5.41) is 9.40. The highest BCUT2D eigenvalue weighted by Crippen LogP contribution is 2.26. The van der Waals surface area contributed by atoms with Gasteiger partial charge in [0.25, 0.3) is 0 Å². The number of aliphatic imine (C=N–C) groups is 1. The van der Waals surface area contributed by atoms with Crippen LogP contribution >= 0.6 is 11.3 Å². The van der Waals surface area contributed by atoms with Gasteiger partial charge in [-0.1, -0.05) is 0 Å². The maximum absolute atomic E-state index is 5.83. The summed E-state index contributed by atoms with van der Waals surface area (Å²) in [6.07, 6.45) is 4.50. The van der Waals surface area contributed by atoms with Gasteiger partial charge in [-0.2, -0.15) is 16.4 Å². The Balaban J connectivity index is 1.63. The van der Waals surface area contributed by atoms with Crippen molar-refractivity contribution in [1.29, 1.82) is 0 Å². The molecule has 25 heavy (non-hydrogen) atoms. The van der Waals surface area contributed by atoms with Crippen LogP contribution in [0.3, 0.4) is 0 Å². The van der Waals surface area contributed by atoms with Gasteiger partial charge in [0, 0.05) is 29.2 Å². The molecule has 0 radical (unpaired) electrons. The number of nitrogens with zero attached hydrogens (tertiary/aromatic N) is 2. The molecule has 0 aliphatic rings. The third kappa shape index (κ3) is 4.19. The minimum atomic E-state index is 0.306. The van der Waals surface area contributed by atoms with Crippen LogP contribution in [0.15, 0.2) is 45.2 Å². The lowest BCUT2D eigenvalue weighted by Crippen LogP contribution is -2.27. The van der Waals surface area contributed by atoms with Gasteiger partial charge in [0.05, 0.1) is 13.3 Å². The van der Waals surface area contributed by atoms with Gasteiger partial charge in [-0.15, -0.1) is 0 Å². The fourth-order valence-electron chi connectivity index (χ4n) is 2.57. The lowest BCUT2D eigenvalue weighted by molar-refractivity contribution is 0.415. The van der Waals surface area contributed by atoms with Crippen LogP contribution in [-0.4, -0.2) is 30.8 Å². The van der Waals surface area contributed by atoms with Gasteiger partial charge in [0.1, 0.15) is 5.75 Å². The van der Waals surface area contributed by atoms with Crippen LogP contribution in [-0.2, 0) is 6.42 Å². The largest absolute Gasteiger partial charge is 0.497 e. The zero-order valence-corrected chi connectivity index (χ0v) is 15.1. The van der Waals surface area contributed by atoms with Gasteiger partial charge in [0.15, 0.2) is 0 Å². The molecule has 0 spiro atoms. The number of guanidine groups is 1. The summed E-state index contributed by atoms with van der Waals surface area (Å²) in [5.41, 5.74) is 13.0. The molecular weight excluding hydrogens is 334 g/mol. The second-order valence-corrected chi connectivity index (χ2v) is 6.41. The molecule has 130 valence electrons. The van der Waals surface area contributed by atoms with Gasteiger partial charge in [-0.3, -0.25) is 4.99 Å². The molecule has 0 saturated heterocycles. The number of methoxy groups -OCH3 is 1. The number of H-pyrrole nitrogens is 1. The van der Waals surface area contributed by atoms with E-state index in [9.17, 15) is 0 Å². The van der Waals surface area contributed by atoms with Crippen LogP contribution in [0.25, 0.3) is 10.9 Å². The summed E-state index contributed by atoms with van der Waals surface area (Å²) < 4.78 is 5.33. The number of nitrogens with two attached hydrogens (primary N) is 1. The Hall–Kier alpha value is -2.80. The maximum Gasteiger partial charge on any atom is 0.209 e. The van der Waals surface area contributed by atoms with E-state index in [1.807, 2.05) is 25.3 Å². The van der Waals surface area contributed by atoms with Crippen molar-refractivity contribution in [2.75, 3.05) is 13.7 Å². The van der Waals surface area contributed by atoms with Gasteiger partial charge < -0.3 is 15.5 Å². The molecule has 0 bridgehead atoms. The first-order valence-electron chi connectivity index (χ1n) is 7.93. The van der Waals surface area contributed by atoms with E-state index in [-0.39, 0.29) is 0 Å². The Morgan fingerprint density at radius 2 is 2.32 bits per heavy atom. The molecule has 0 unspecified atom stereocenters. The lowest BCUT2D eigenvalue weighted by atomic mass is 10.1. The number of aromatic amines is 1. The maximum atomic E-state index is 5.83. The molecular formula is C18H21N5OS. The van der Waals surface area contributed by atoms with Crippen molar-refractivity contribution in [2.24, 2.45) is 15.8 Å². The number of aromatic nitrogens is 1. The standard InChI is InChI=1S/C18H21N5OS/c1-12-7-15(24-2)8-16-14(9-21-17(12)16)10-22-23-18(19)20-5-3-13-4-6-25-11-13/h4,6-11,21H,3,5H2,1-2H3,(H3,19,20,23)/b22-10+. The van der Waals surface area contributed by atoms with E-state index < -0.39 is 0 Å². The number of hydrazone groups is 1. The highest BCUT2D eigenvalue weighted by atomic mass is 32.1. The summed E-state index contributed by atoms with van der Waals surface area (Å²) in [6, 6.07) is 6.07. The van der Waals surface area contributed by atoms with Crippen molar-refractivity contribution >= 4 is 34.4 Å². The SMILES string of the molecule is COc1cc(C)c2[nH]cc(/C=N/NC(N)=NCCc3ccsc3)c2c1. The number of hydrogen-bond donors (Lipinski definition) is 3. The summed E-state index contributed by atoms with van der Waals surface area (Å²) in [6.45, 7) is 2.67. The second kappa shape index (κ2) is 7.85. The summed E-state index contributed by atoms with van der Waals surface area (Å²) in [4.78, 5) is 7.53. The molecule has 0 saturated carbocycles. The molecule has 4 N–H and O–H groups in total. The van der Waals surface area contributed by atoms with E-state index in [0.717, 1.165) is 34.2 Å². The van der Waals surface area contributed by atoms with Crippen LogP contribution in [0, 0.1) is 6.92 Å². The van der Waals surface area contributed by atoms with E-state index in [4.69, 9.17) is 10.5 Å². The highest BCUT2D eigenvalue weighted by molar-refractivity contribution is 7.07. The number of hydrogen-bond acceptors (Lipinski definition) is 4. The fourth-order valence-corrected chi connectivity index (χ4v) is 3.27. The predicted molar refractivity (Wildman–Crippen MR) is 105 cm³/mol. The smallest absolute Gasteiger partial charge is 0.209 e. The van der Waals surface area contributed by atoms with Crippen LogP contribution in [0.5, 0.6) is 5.75 Å². The molecule has 6 nitrogen and oxygen atoms in total. The van der Waals surface area contributed by atoms with Gasteiger partial charge in [0.2, 0.25) is 5.96 Å². The molecule has 0 aliphatic carbocycles. The first-order chi connectivity index (χ1) is 12.2. The summed E-state index contributed by atoms with van der Waals surface area (Å²) >= 11 is 1.68. The average Bonchev–Trinajstić information content (AvgIpc) is 3.25. The normalized spacial score (nSPS) is 12.2. The number of nitrogens with one attached hydrogen (secondary N) is 2. The number of benzene rings is 1. The van der Waals surface area contributed by atoms with E-state index in [1.54, 1.807) is 24.7 Å². The number of rotatable bonds is 6. The monoisotopic (exact) mass is 355 g/mol. The van der Waals surface area contributed by atoms with E-state index in [1.165, 1.54) is 5.56 Å². The fraction of sp³-hybridized carbons (Fsp3) is 0.222. The van der Waals surface area contributed by atoms with E-state index in [2.05, 4.69) is 37.3 Å². The molecule has 3 aromatic rings. The zero-order chi connectivity index (χ0) is 17.6. The van der Waals surface area contributed by atoms with Crippen LogP contribution in [0.2, 0.25) is 0 Å². The Kier molecular flexibility index (Phi) is 5.35. The molecule has 0 atom stereocenters. The molecule has 2 heterocycles. The summed E-state index contributed by atoms with van der Waals surface area (Å²) in [7, 11) is 1.66. The predicted octanol–water partition coefficient (Wildman–Crippen LogP) is 3.03. The van der Waals surface area contributed by atoms with E-state index in [0.29, 0.717) is 12.5 Å². The topological polar surface area (TPSA) is 87.8 Å². The second-order valence-electron chi connectivity index (χ2n) is 5.63. The molecule has 0 aliphatic heterocycles. The van der Waals surface area contributed by atoms with Crippen molar-refractivity contribution in [1.82, 2.24) is 10.4 Å². The van der Waals surface area contributed by atoms with Crippen molar-refractivity contribution in [3.8, 4) is 5.75 Å². The average molecular weight is 355 g/mol. The van der Waals surface area contributed by atoms with Gasteiger partial charge >= 0.3 is 0 Å². The summed E-state index contributed by atoms with van der Waals surface area (Å²) in [5.74, 6) is 1.13. The highest BCUT2D eigenvalue weighted by Gasteiger charge is 2.06. The van der Waals surface area contributed by atoms with Crippen LogP contribution in [0.1, 0.15) is 16.7 Å². The molecule has 0 amide bonds. The van der Waals surface area contributed by atoms with Crippen LogP contribution in [0.4, 0.5) is 0 Å². The lowest BCUT2D eigenvalue weighted by Gasteiger charge is -2.03. The number of thiophene rings is 1. The molecule has 0 fully saturated rings. The van der Waals surface area contributed by atoms with Crippen molar-refractivity contribution in [2.45, 2.75) is 13.3 Å². The van der Waals surface area contributed by atoms with Crippen LogP contribution < -0.4 is 15.9 Å². The Labute approximate surface area is 150 Å².